The Hall–Kier alpha value is -7.15. The first-order valence-corrected chi connectivity index (χ1v) is 31.4. The fraction of sp³-hybridized carbons (Fsp3) is 0.762. The number of rotatable bonds is 14. The number of hydrogen-bond donors (Lipinski definition) is 5. The molecule has 0 bridgehead atoms. The Labute approximate surface area is 528 Å². The highest BCUT2D eigenvalue weighted by molar-refractivity contribution is 6.02. The number of esters is 1. The van der Waals surface area contributed by atoms with E-state index in [0.29, 0.717) is 0 Å². The highest BCUT2D eigenvalue weighted by Crippen LogP contribution is 2.28. The Balaban J connectivity index is 3.07. The van der Waals surface area contributed by atoms with Crippen molar-refractivity contribution in [2.75, 3.05) is 42.3 Å². The molecule has 14 atom stereocenters. The van der Waals surface area contributed by atoms with Gasteiger partial charge >= 0.3 is 5.97 Å². The molecule has 2 heterocycles. The molecule has 12 amide bonds. The summed E-state index contributed by atoms with van der Waals surface area (Å²) in [5.41, 5.74) is 2.45. The van der Waals surface area contributed by atoms with Crippen LogP contribution in [-0.4, -0.2) is 226 Å². The molecule has 0 aromatic carbocycles. The van der Waals surface area contributed by atoms with E-state index in [1.165, 1.54) is 84.7 Å². The maximum Gasteiger partial charge on any atom is 0.303 e. The van der Waals surface area contributed by atoms with Gasteiger partial charge in [-0.25, -0.2) is 5.01 Å². The first kappa shape index (κ1) is 77.9. The number of amides is 12. The van der Waals surface area contributed by atoms with Gasteiger partial charge in [0.2, 0.25) is 65.0 Å². The molecule has 2 saturated heterocycles. The zero-order chi connectivity index (χ0) is 68.7. The second-order valence-corrected chi connectivity index (χ2v) is 26.4. The predicted molar refractivity (Wildman–Crippen MR) is 335 cm³/mol. The molecule has 89 heavy (non-hydrogen) atoms. The lowest BCUT2D eigenvalue weighted by molar-refractivity contribution is -0.164. The fourth-order valence-corrected chi connectivity index (χ4v) is 11.3. The van der Waals surface area contributed by atoms with Crippen molar-refractivity contribution in [3.05, 3.63) is 12.2 Å². The summed E-state index contributed by atoms with van der Waals surface area (Å²) < 4.78 is 5.92. The molecule has 0 radical (unpaired) electrons. The molecule has 5 N–H and O–H groups in total. The highest BCUT2D eigenvalue weighted by atomic mass is 16.5. The Morgan fingerprint density at radius 1 is 0.494 bits per heavy atom. The molecular weight excluding hydrogens is 1150 g/mol. The van der Waals surface area contributed by atoms with Crippen LogP contribution in [0.4, 0.5) is 0 Å². The van der Waals surface area contributed by atoms with Crippen molar-refractivity contribution < 1.29 is 67.1 Å². The van der Waals surface area contributed by atoms with Crippen LogP contribution in [-0.2, 0) is 67.1 Å². The molecule has 26 nitrogen and oxygen atoms in total. The van der Waals surface area contributed by atoms with E-state index in [4.69, 9.17) is 4.74 Å². The summed E-state index contributed by atoms with van der Waals surface area (Å²) >= 11 is 0. The number of hydrogen-bond acceptors (Lipinski definition) is 14. The minimum atomic E-state index is -1.66. The minimum Gasteiger partial charge on any atom is -0.459 e. The van der Waals surface area contributed by atoms with Gasteiger partial charge < -0.3 is 55.4 Å². The highest BCUT2D eigenvalue weighted by Gasteiger charge is 2.50. The van der Waals surface area contributed by atoms with Crippen LogP contribution in [0.5, 0.6) is 0 Å². The van der Waals surface area contributed by atoms with Crippen molar-refractivity contribution in [1.82, 2.24) is 61.1 Å². The lowest BCUT2D eigenvalue weighted by Crippen LogP contribution is -2.64. The van der Waals surface area contributed by atoms with Gasteiger partial charge in [0.25, 0.3) is 5.91 Å². The van der Waals surface area contributed by atoms with E-state index in [0.717, 1.165) is 26.6 Å². The van der Waals surface area contributed by atoms with Gasteiger partial charge in [-0.15, -0.1) is 0 Å². The average molecular weight is 1260 g/mol. The lowest BCUT2D eigenvalue weighted by Gasteiger charge is -2.42. The molecule has 2 aliphatic rings. The van der Waals surface area contributed by atoms with Gasteiger partial charge in [-0.3, -0.25) is 67.8 Å². The van der Waals surface area contributed by atoms with Gasteiger partial charge in [-0.05, 0) is 95.3 Å². The third-order valence-corrected chi connectivity index (χ3v) is 16.9. The van der Waals surface area contributed by atoms with Crippen LogP contribution in [0.3, 0.4) is 0 Å². The van der Waals surface area contributed by atoms with Gasteiger partial charge in [0.05, 0.1) is 5.92 Å². The summed E-state index contributed by atoms with van der Waals surface area (Å²) in [5, 5.41) is 11.6. The fourth-order valence-electron chi connectivity index (χ4n) is 11.3. The minimum absolute atomic E-state index is 0.0712. The van der Waals surface area contributed by atoms with Gasteiger partial charge in [-0.1, -0.05) is 102 Å². The van der Waals surface area contributed by atoms with Crippen molar-refractivity contribution in [3.63, 3.8) is 0 Å². The number of ether oxygens (including phenoxy) is 1. The predicted octanol–water partition coefficient (Wildman–Crippen LogP) is 2.23. The number of likely N-dealkylation sites (N-methyl/N-ethyl adjacent to an activating group) is 6. The molecule has 0 aromatic heterocycles. The van der Waals surface area contributed by atoms with Gasteiger partial charge in [0.15, 0.2) is 0 Å². The smallest absolute Gasteiger partial charge is 0.303 e. The number of allylic oxidation sites excluding steroid dienone is 2. The normalized spacial score (nSPS) is 28.3. The molecule has 2 aliphatic heterocycles. The van der Waals surface area contributed by atoms with Crippen LogP contribution in [0.15, 0.2) is 12.2 Å². The molecule has 2 rings (SSSR count). The standard InChI is InChI=1S/C63H108N12O14/c1-25-27-28-37(13)51(89-42(18)76)50-56(81)66-43(26-2)59(84)69(19)41(17)58(83)75-49(38(14)52(77)68-75)55(80)67-47(35(9)10)62(87)70(20)44(29-32(3)4)54(79)64-39(15)53(78)65-40(16)57(82)71(21)45(30-33(5)6)60(85)72(22)46(31-34(7)8)61(86)73(23)48(36(11)12)63(88)74(50)24/h25,27,32-41,43-51H,26,28-31H2,1-24H3,(H,64,79)(H,65,78)(H,66,81)(H,67,80)(H,68,77). The number of carbonyl (C=O) groups is 13. The van der Waals surface area contributed by atoms with Crippen molar-refractivity contribution in [3.8, 4) is 0 Å². The maximum atomic E-state index is 15.4. The maximum absolute atomic E-state index is 15.4. The number of nitrogens with one attached hydrogen (secondary N) is 5. The van der Waals surface area contributed by atoms with Crippen LogP contribution in [0.25, 0.3) is 0 Å². The quantitative estimate of drug-likeness (QED) is 0.123. The van der Waals surface area contributed by atoms with Crippen LogP contribution in [0, 0.1) is 41.4 Å². The summed E-state index contributed by atoms with van der Waals surface area (Å²) in [6.07, 6.45) is 2.74. The van der Waals surface area contributed by atoms with Crippen LogP contribution < -0.4 is 26.7 Å². The molecule has 14 unspecified atom stereocenters. The Bertz CT molecular complexity index is 2590. The van der Waals surface area contributed by atoms with E-state index in [2.05, 4.69) is 26.7 Å². The molecule has 0 spiro atoms. The summed E-state index contributed by atoms with van der Waals surface area (Å²) in [4.78, 5) is 195. The molecule has 0 aliphatic carbocycles. The number of fused-ring (bicyclic) bond motifs is 1. The van der Waals surface area contributed by atoms with Crippen molar-refractivity contribution in [2.24, 2.45) is 41.4 Å². The SMILES string of the molecule is CC=CCC(C)C(OC(C)=O)C1C(=O)NC(CC)C(=O)N(C)C(C)C(=O)N2NC(=O)C(C)C2C(=O)NC(C(C)C)C(=O)N(C)C(CC(C)C)C(=O)NC(C)C(=O)NC(C)C(=O)N(C)C(CC(C)C)C(=O)N(C)C(CC(C)C)C(=O)N(C)C(C(C)C)C(=O)N1C. The summed E-state index contributed by atoms with van der Waals surface area (Å²) in [5.74, 6) is -13.6. The summed E-state index contributed by atoms with van der Waals surface area (Å²) in [6, 6.07) is -14.8. The topological polar surface area (TPSA) is 314 Å². The Morgan fingerprint density at radius 2 is 0.966 bits per heavy atom. The van der Waals surface area contributed by atoms with E-state index < -0.39 is 173 Å². The van der Waals surface area contributed by atoms with Crippen LogP contribution in [0.2, 0.25) is 0 Å². The van der Waals surface area contributed by atoms with E-state index in [-0.39, 0.29) is 49.9 Å². The first-order valence-electron chi connectivity index (χ1n) is 31.4. The van der Waals surface area contributed by atoms with E-state index in [9.17, 15) is 43.2 Å². The van der Waals surface area contributed by atoms with E-state index in [1.807, 2.05) is 41.5 Å². The summed E-state index contributed by atoms with van der Waals surface area (Å²) in [7, 11) is 8.27. The lowest BCUT2D eigenvalue weighted by atomic mass is 9.91. The van der Waals surface area contributed by atoms with Crippen molar-refractivity contribution >= 4 is 76.9 Å². The number of hydrazine groups is 1. The molecule has 0 aromatic rings. The summed E-state index contributed by atoms with van der Waals surface area (Å²) in [6.45, 7) is 29.6. The van der Waals surface area contributed by atoms with Gasteiger partial charge in [0, 0.05) is 49.2 Å². The molecular formula is C63H108N12O14. The van der Waals surface area contributed by atoms with Crippen molar-refractivity contribution in [2.45, 2.75) is 229 Å². The van der Waals surface area contributed by atoms with Gasteiger partial charge in [0.1, 0.15) is 72.6 Å². The zero-order valence-electron chi connectivity index (χ0n) is 57.5. The van der Waals surface area contributed by atoms with E-state index >= 15 is 19.2 Å². The van der Waals surface area contributed by atoms with Gasteiger partial charge in [-0.2, -0.15) is 0 Å². The second-order valence-electron chi connectivity index (χ2n) is 26.4. The number of nitrogens with zero attached hydrogens (tertiary/aromatic N) is 7. The molecule has 26 heteroatoms. The zero-order valence-corrected chi connectivity index (χ0v) is 57.5. The molecule has 504 valence electrons. The average Bonchev–Trinajstić information content (AvgIpc) is 1.83. The molecule has 2 fully saturated rings. The van der Waals surface area contributed by atoms with E-state index in [1.54, 1.807) is 60.6 Å². The first-order chi connectivity index (χ1) is 41.1. The van der Waals surface area contributed by atoms with Crippen LogP contribution >= 0.6 is 0 Å². The van der Waals surface area contributed by atoms with Crippen molar-refractivity contribution in [1.29, 1.82) is 0 Å². The Morgan fingerprint density at radius 3 is 1.44 bits per heavy atom. The second kappa shape index (κ2) is 34.2. The van der Waals surface area contributed by atoms with Crippen LogP contribution in [0.1, 0.15) is 157 Å². The Kier molecular flexibility index (Phi) is 29.9. The monoisotopic (exact) mass is 1260 g/mol. The largest absolute Gasteiger partial charge is 0.459 e. The molecule has 0 saturated carbocycles. The third kappa shape index (κ3) is 19.9. The third-order valence-electron chi connectivity index (χ3n) is 16.9. The number of carbonyl (C=O) groups excluding carboxylic acids is 13.